The zero-order chi connectivity index (χ0) is 25.1. The fourth-order valence-electron chi connectivity index (χ4n) is 4.81. The second-order valence-electron chi connectivity index (χ2n) is 9.41. The van der Waals surface area contributed by atoms with Crippen molar-refractivity contribution >= 4 is 28.8 Å². The Morgan fingerprint density at radius 3 is 2.72 bits per heavy atom. The molecule has 9 heteroatoms. The van der Waals surface area contributed by atoms with Crippen LogP contribution in [0.15, 0.2) is 54.6 Å². The largest absolute Gasteiger partial charge is 0.360 e. The molecule has 0 atom stereocenters. The minimum absolute atomic E-state index is 0.0331. The molecule has 36 heavy (non-hydrogen) atoms. The number of piperazine rings is 1. The van der Waals surface area contributed by atoms with Gasteiger partial charge in [-0.25, -0.2) is 9.97 Å². The van der Waals surface area contributed by atoms with E-state index in [1.165, 1.54) is 5.57 Å². The normalized spacial score (nSPS) is 16.1. The van der Waals surface area contributed by atoms with Crippen LogP contribution < -0.4 is 10.2 Å². The molecule has 5 rings (SSSR count). The van der Waals surface area contributed by atoms with Crippen molar-refractivity contribution in [1.82, 2.24) is 24.3 Å². The fraction of sp³-hybridized carbons (Fsp3) is 0.370. The summed E-state index contributed by atoms with van der Waals surface area (Å²) in [6.07, 6.45) is 13.3. The van der Waals surface area contributed by atoms with Crippen molar-refractivity contribution in [1.29, 1.82) is 5.26 Å². The summed E-state index contributed by atoms with van der Waals surface area (Å²) in [7, 11) is 0. The van der Waals surface area contributed by atoms with Crippen molar-refractivity contribution in [2.45, 2.75) is 26.7 Å². The van der Waals surface area contributed by atoms with Crippen LogP contribution >= 0.6 is 0 Å². The van der Waals surface area contributed by atoms with Gasteiger partial charge in [0.25, 0.3) is 0 Å². The molecule has 1 fully saturated rings. The lowest BCUT2D eigenvalue weighted by Crippen LogP contribution is -2.50. The first-order valence-corrected chi connectivity index (χ1v) is 12.4. The van der Waals surface area contributed by atoms with Gasteiger partial charge in [-0.3, -0.25) is 14.2 Å². The Hall–Kier alpha value is -4.19. The summed E-state index contributed by atoms with van der Waals surface area (Å²) >= 11 is 0. The average Bonchev–Trinajstić information content (AvgIpc) is 3.30. The molecular weight excluding hydrogens is 452 g/mol. The van der Waals surface area contributed by atoms with E-state index in [0.717, 1.165) is 35.6 Å². The van der Waals surface area contributed by atoms with Crippen LogP contribution in [0.1, 0.15) is 37.9 Å². The number of nitrogens with zero attached hydrogens (tertiary/aromatic N) is 7. The van der Waals surface area contributed by atoms with Gasteiger partial charge in [-0.15, -0.1) is 0 Å². The number of carbonyl (C=O) groups is 1. The van der Waals surface area contributed by atoms with Crippen molar-refractivity contribution < 1.29 is 4.79 Å². The van der Waals surface area contributed by atoms with Crippen LogP contribution in [-0.4, -0.2) is 62.9 Å². The molecule has 1 N–H and O–H groups in total. The highest BCUT2D eigenvalue weighted by Gasteiger charge is 2.24. The third-order valence-electron chi connectivity index (χ3n) is 6.90. The van der Waals surface area contributed by atoms with Crippen LogP contribution in [0.4, 0.5) is 11.6 Å². The van der Waals surface area contributed by atoms with Crippen LogP contribution in [0.5, 0.6) is 0 Å². The first kappa shape index (κ1) is 23.5. The minimum atomic E-state index is 0.0331. The fourth-order valence-corrected chi connectivity index (χ4v) is 4.81. The average molecular weight is 483 g/mol. The van der Waals surface area contributed by atoms with E-state index in [-0.39, 0.29) is 12.5 Å². The van der Waals surface area contributed by atoms with E-state index in [4.69, 9.17) is 4.98 Å². The van der Waals surface area contributed by atoms with E-state index in [2.05, 4.69) is 52.3 Å². The summed E-state index contributed by atoms with van der Waals surface area (Å²) in [6, 6.07) is 5.74. The molecule has 0 radical (unpaired) electrons. The number of allylic oxidation sites excluding steroid dienone is 4. The summed E-state index contributed by atoms with van der Waals surface area (Å²) < 4.78 is 1.96. The molecule has 4 heterocycles. The minimum Gasteiger partial charge on any atom is -0.360 e. The van der Waals surface area contributed by atoms with Crippen molar-refractivity contribution in [2.75, 3.05) is 42.9 Å². The molecular formula is C27H30N8O. The van der Waals surface area contributed by atoms with Gasteiger partial charge < -0.3 is 15.1 Å². The Bertz CT molecular complexity index is 1370. The number of nitriles is 1. The van der Waals surface area contributed by atoms with E-state index >= 15 is 0 Å². The molecule has 0 unspecified atom stereocenters. The molecule has 1 amide bonds. The summed E-state index contributed by atoms with van der Waals surface area (Å²) in [5.74, 6) is 2.07. The van der Waals surface area contributed by atoms with Gasteiger partial charge in [0, 0.05) is 44.8 Å². The molecule has 9 nitrogen and oxygen atoms in total. The Morgan fingerprint density at radius 1 is 1.17 bits per heavy atom. The van der Waals surface area contributed by atoms with E-state index in [1.54, 1.807) is 30.7 Å². The van der Waals surface area contributed by atoms with Gasteiger partial charge in [0.05, 0.1) is 18.3 Å². The van der Waals surface area contributed by atoms with Crippen molar-refractivity contribution in [3.63, 3.8) is 0 Å². The number of amides is 1. The highest BCUT2D eigenvalue weighted by molar-refractivity contribution is 5.83. The lowest BCUT2D eigenvalue weighted by atomic mass is 9.90. The third kappa shape index (κ3) is 4.67. The Morgan fingerprint density at radius 2 is 2.00 bits per heavy atom. The number of fused-ring (bicyclic) bond motifs is 1. The van der Waals surface area contributed by atoms with Crippen LogP contribution in [0.25, 0.3) is 11.2 Å². The standard InChI is InChI=1S/C27H30N8O/c1-19(2)20-5-7-21(8-6-20)25-27(35-11-10-29-17-23(35)32-25)31-18-24(36)33-12-14-34(15-13-33)26-22(16-28)4-3-9-30-26/h3-5,7,9-11,17,19,31H,6,8,12-15,18H2,1-2H3. The molecule has 1 saturated heterocycles. The summed E-state index contributed by atoms with van der Waals surface area (Å²) in [5.41, 5.74) is 4.79. The predicted molar refractivity (Wildman–Crippen MR) is 139 cm³/mol. The molecule has 3 aromatic heterocycles. The second-order valence-corrected chi connectivity index (χ2v) is 9.41. The quantitative estimate of drug-likeness (QED) is 0.573. The third-order valence-corrected chi connectivity index (χ3v) is 6.90. The van der Waals surface area contributed by atoms with Crippen LogP contribution in [0.3, 0.4) is 0 Å². The summed E-state index contributed by atoms with van der Waals surface area (Å²) in [6.45, 7) is 7.07. The van der Waals surface area contributed by atoms with Crippen molar-refractivity contribution in [2.24, 2.45) is 5.92 Å². The highest BCUT2D eigenvalue weighted by atomic mass is 16.2. The smallest absolute Gasteiger partial charge is 0.242 e. The molecule has 2 aliphatic rings. The van der Waals surface area contributed by atoms with E-state index in [9.17, 15) is 10.1 Å². The monoisotopic (exact) mass is 482 g/mol. The Labute approximate surface area is 210 Å². The van der Waals surface area contributed by atoms with Gasteiger partial charge in [0.15, 0.2) is 5.65 Å². The van der Waals surface area contributed by atoms with Crippen LogP contribution in [-0.2, 0) is 4.79 Å². The molecule has 0 saturated carbocycles. The SMILES string of the molecule is CC(C)C1=CC=C(c2nc3cnccn3c2NCC(=O)N2CCN(c3ncccc3C#N)CC2)CC1. The van der Waals surface area contributed by atoms with Crippen molar-refractivity contribution in [3.8, 4) is 6.07 Å². The maximum atomic E-state index is 13.1. The number of hydrogen-bond acceptors (Lipinski definition) is 7. The van der Waals surface area contributed by atoms with Gasteiger partial charge in [0.2, 0.25) is 5.91 Å². The number of anilines is 2. The number of carbonyl (C=O) groups excluding carboxylic acids is 1. The molecule has 184 valence electrons. The summed E-state index contributed by atoms with van der Waals surface area (Å²) in [4.78, 5) is 30.5. The highest BCUT2D eigenvalue weighted by Crippen LogP contribution is 2.33. The second kappa shape index (κ2) is 10.2. The lowest BCUT2D eigenvalue weighted by molar-refractivity contribution is -0.129. The van der Waals surface area contributed by atoms with Gasteiger partial charge in [-0.05, 0) is 36.5 Å². The van der Waals surface area contributed by atoms with Crippen molar-refractivity contribution in [3.05, 3.63) is 65.9 Å². The molecule has 0 spiro atoms. The number of pyridine rings is 1. The molecule has 0 bridgehead atoms. The van der Waals surface area contributed by atoms with Gasteiger partial charge in [-0.1, -0.05) is 31.6 Å². The maximum Gasteiger partial charge on any atom is 0.242 e. The maximum absolute atomic E-state index is 13.1. The first-order valence-electron chi connectivity index (χ1n) is 12.4. The topological polar surface area (TPSA) is 102 Å². The van der Waals surface area contributed by atoms with Crippen LogP contribution in [0, 0.1) is 17.2 Å². The van der Waals surface area contributed by atoms with E-state index < -0.39 is 0 Å². The van der Waals surface area contributed by atoms with Gasteiger partial charge >= 0.3 is 0 Å². The molecule has 1 aliphatic carbocycles. The number of rotatable bonds is 6. The predicted octanol–water partition coefficient (Wildman–Crippen LogP) is 3.52. The number of nitrogens with one attached hydrogen (secondary N) is 1. The van der Waals surface area contributed by atoms with Gasteiger partial charge in [-0.2, -0.15) is 5.26 Å². The Kier molecular flexibility index (Phi) is 6.67. The molecule has 1 aliphatic heterocycles. The lowest BCUT2D eigenvalue weighted by Gasteiger charge is -2.35. The van der Waals surface area contributed by atoms with E-state index in [0.29, 0.717) is 43.5 Å². The zero-order valence-electron chi connectivity index (χ0n) is 20.7. The number of aromatic nitrogens is 4. The Balaban J connectivity index is 1.28. The number of imidazole rings is 1. The summed E-state index contributed by atoms with van der Waals surface area (Å²) in [5, 5.41) is 12.7. The molecule has 0 aromatic carbocycles. The van der Waals surface area contributed by atoms with Gasteiger partial charge in [0.1, 0.15) is 23.4 Å². The van der Waals surface area contributed by atoms with Crippen LogP contribution in [0.2, 0.25) is 0 Å². The molecule has 3 aromatic rings. The zero-order valence-corrected chi connectivity index (χ0v) is 20.7. The van der Waals surface area contributed by atoms with E-state index in [1.807, 2.05) is 15.5 Å². The first-order chi connectivity index (χ1) is 17.5. The number of hydrogen-bond donors (Lipinski definition) is 1.